The van der Waals surface area contributed by atoms with E-state index >= 15 is 0 Å². The van der Waals surface area contributed by atoms with Crippen molar-refractivity contribution in [3.63, 3.8) is 0 Å². The minimum Gasteiger partial charge on any atom is -0.458 e. The van der Waals surface area contributed by atoms with Gasteiger partial charge in [-0.3, -0.25) is 9.78 Å². The molecule has 0 saturated carbocycles. The molecule has 2 aliphatic rings. The maximum atomic E-state index is 13.3. The molecular weight excluding hydrogens is 480 g/mol. The lowest BCUT2D eigenvalue weighted by atomic mass is 9.75. The summed E-state index contributed by atoms with van der Waals surface area (Å²) in [6, 6.07) is 7.07. The Morgan fingerprint density at radius 2 is 2.00 bits per heavy atom. The van der Waals surface area contributed by atoms with Gasteiger partial charge in [-0.05, 0) is 53.8 Å². The van der Waals surface area contributed by atoms with Crippen LogP contribution >= 0.6 is 0 Å². The van der Waals surface area contributed by atoms with Crippen molar-refractivity contribution in [2.24, 2.45) is 0 Å². The van der Waals surface area contributed by atoms with Gasteiger partial charge < -0.3 is 25.3 Å². The molecular formula is C29H32N6O3. The first-order valence-corrected chi connectivity index (χ1v) is 12.7. The molecule has 0 saturated heterocycles. The maximum absolute atomic E-state index is 13.3. The fraction of sp³-hybridized carbons (Fsp3) is 0.310. The molecule has 1 spiro atoms. The van der Waals surface area contributed by atoms with E-state index in [0.717, 1.165) is 29.8 Å². The number of pyridine rings is 1. The monoisotopic (exact) mass is 512 g/mol. The predicted octanol–water partition coefficient (Wildman–Crippen LogP) is 4.65. The van der Waals surface area contributed by atoms with Crippen LogP contribution in [0.3, 0.4) is 0 Å². The number of anilines is 1. The Hall–Kier alpha value is -4.40. The predicted molar refractivity (Wildman–Crippen MR) is 145 cm³/mol. The molecule has 3 amide bonds. The number of rotatable bonds is 7. The summed E-state index contributed by atoms with van der Waals surface area (Å²) in [5.74, 6) is 1.22. The quantitative estimate of drug-likeness (QED) is 0.399. The van der Waals surface area contributed by atoms with Crippen molar-refractivity contribution in [1.82, 2.24) is 25.2 Å². The van der Waals surface area contributed by atoms with E-state index in [1.807, 2.05) is 41.1 Å². The Kier molecular flexibility index (Phi) is 6.75. The lowest BCUT2D eigenvalue weighted by molar-refractivity contribution is 0.0952. The van der Waals surface area contributed by atoms with Crippen LogP contribution in [0.25, 0.3) is 0 Å². The van der Waals surface area contributed by atoms with Gasteiger partial charge in [0.2, 0.25) is 0 Å². The van der Waals surface area contributed by atoms with Gasteiger partial charge in [-0.1, -0.05) is 26.8 Å². The second kappa shape index (κ2) is 10.2. The van der Waals surface area contributed by atoms with Crippen LogP contribution in [-0.4, -0.2) is 33.0 Å². The second-order valence-electron chi connectivity index (χ2n) is 10.6. The number of allylic oxidation sites excluding steroid dienone is 1. The molecule has 1 atom stereocenters. The van der Waals surface area contributed by atoms with Gasteiger partial charge >= 0.3 is 6.03 Å². The molecule has 1 aliphatic carbocycles. The number of amides is 3. The number of aryl methyl sites for hydroxylation is 1. The highest BCUT2D eigenvalue weighted by Gasteiger charge is 2.41. The highest BCUT2D eigenvalue weighted by molar-refractivity contribution is 6.00. The number of urea groups is 1. The van der Waals surface area contributed by atoms with Gasteiger partial charge in [-0.25, -0.2) is 9.78 Å². The van der Waals surface area contributed by atoms with E-state index in [9.17, 15) is 9.59 Å². The minimum absolute atomic E-state index is 0.145. The minimum atomic E-state index is -0.805. The van der Waals surface area contributed by atoms with E-state index in [1.54, 1.807) is 37.1 Å². The Morgan fingerprint density at radius 3 is 2.68 bits per heavy atom. The van der Waals surface area contributed by atoms with Crippen molar-refractivity contribution in [2.75, 3.05) is 11.9 Å². The van der Waals surface area contributed by atoms with E-state index in [-0.39, 0.29) is 17.4 Å². The van der Waals surface area contributed by atoms with Crippen LogP contribution in [0, 0.1) is 0 Å². The maximum Gasteiger partial charge on any atom is 0.320 e. The molecule has 0 bridgehead atoms. The summed E-state index contributed by atoms with van der Waals surface area (Å²) in [6.07, 6.45) is 15.8. The fourth-order valence-corrected chi connectivity index (χ4v) is 4.78. The molecule has 3 heterocycles. The summed E-state index contributed by atoms with van der Waals surface area (Å²) in [4.78, 5) is 34.2. The standard InChI is InChI=1S/C29H32N6O3/c1-28(2,3)23-17-20(26(36)32-11-4-15-35-16-14-31-19-35)18-24-25(23)33-27(37)34-29(24)9-5-21(6-10-29)38-22-7-12-30-13-8-22/h5-9,12-14,16-19H,4,10-11,15H2,1-3H3,(H,32,36)(H2,33,34,37). The number of nitrogens with one attached hydrogen (secondary N) is 3. The molecule has 2 aromatic heterocycles. The molecule has 3 aromatic rings. The third-order valence-electron chi connectivity index (χ3n) is 6.74. The first kappa shape index (κ1) is 25.3. The number of carbonyl (C=O) groups is 2. The zero-order valence-corrected chi connectivity index (χ0v) is 21.8. The molecule has 9 nitrogen and oxygen atoms in total. The van der Waals surface area contributed by atoms with Crippen molar-refractivity contribution in [3.05, 3.63) is 96.1 Å². The summed E-state index contributed by atoms with van der Waals surface area (Å²) in [5.41, 5.74) is 1.95. The smallest absolute Gasteiger partial charge is 0.320 e. The largest absolute Gasteiger partial charge is 0.458 e. The van der Waals surface area contributed by atoms with Crippen LogP contribution in [0.1, 0.15) is 55.1 Å². The van der Waals surface area contributed by atoms with E-state index in [0.29, 0.717) is 30.0 Å². The number of benzene rings is 1. The second-order valence-corrected chi connectivity index (χ2v) is 10.6. The van der Waals surface area contributed by atoms with Gasteiger partial charge in [0, 0.05) is 55.4 Å². The first-order chi connectivity index (χ1) is 18.2. The summed E-state index contributed by atoms with van der Waals surface area (Å²) in [7, 11) is 0. The average Bonchev–Trinajstić information content (AvgIpc) is 3.41. The third kappa shape index (κ3) is 5.32. The molecule has 9 heteroatoms. The van der Waals surface area contributed by atoms with Gasteiger partial charge in [-0.15, -0.1) is 0 Å². The van der Waals surface area contributed by atoms with Gasteiger partial charge in [0.15, 0.2) is 0 Å². The van der Waals surface area contributed by atoms with Crippen molar-refractivity contribution >= 4 is 17.6 Å². The van der Waals surface area contributed by atoms with Crippen molar-refractivity contribution < 1.29 is 14.3 Å². The van der Waals surface area contributed by atoms with Crippen LogP contribution in [0.15, 0.2) is 79.4 Å². The van der Waals surface area contributed by atoms with E-state index in [4.69, 9.17) is 4.74 Å². The number of nitrogens with zero attached hydrogens (tertiary/aromatic N) is 3. The summed E-state index contributed by atoms with van der Waals surface area (Å²) >= 11 is 0. The molecule has 0 radical (unpaired) electrons. The number of aromatic nitrogens is 3. The molecule has 1 aliphatic heterocycles. The highest BCUT2D eigenvalue weighted by atomic mass is 16.5. The Balaban J connectivity index is 1.42. The van der Waals surface area contributed by atoms with Crippen molar-refractivity contribution in [1.29, 1.82) is 0 Å². The Labute approximate surface area is 222 Å². The average molecular weight is 513 g/mol. The van der Waals surface area contributed by atoms with Crippen molar-refractivity contribution in [2.45, 2.75) is 51.1 Å². The molecule has 3 N–H and O–H groups in total. The molecule has 1 aromatic carbocycles. The summed E-state index contributed by atoms with van der Waals surface area (Å²) in [5, 5.41) is 9.15. The molecule has 5 rings (SSSR count). The molecule has 38 heavy (non-hydrogen) atoms. The Morgan fingerprint density at radius 1 is 1.18 bits per heavy atom. The molecule has 0 fully saturated rings. The normalized spacial score (nSPS) is 18.3. The number of fused-ring (bicyclic) bond motifs is 2. The van der Waals surface area contributed by atoms with Crippen LogP contribution in [0.5, 0.6) is 5.75 Å². The van der Waals surface area contributed by atoms with Crippen LogP contribution in [0.2, 0.25) is 0 Å². The zero-order valence-electron chi connectivity index (χ0n) is 21.8. The Bertz CT molecular complexity index is 1390. The molecule has 196 valence electrons. The highest BCUT2D eigenvalue weighted by Crippen LogP contribution is 2.44. The van der Waals surface area contributed by atoms with Crippen LogP contribution in [0.4, 0.5) is 10.5 Å². The fourth-order valence-electron chi connectivity index (χ4n) is 4.78. The van der Waals surface area contributed by atoms with Crippen molar-refractivity contribution in [3.8, 4) is 5.75 Å². The number of hydrogen-bond donors (Lipinski definition) is 3. The summed E-state index contributed by atoms with van der Waals surface area (Å²) in [6.45, 7) is 7.55. The lowest BCUT2D eigenvalue weighted by Crippen LogP contribution is -2.51. The number of carbonyl (C=O) groups excluding carboxylic acids is 2. The van der Waals surface area contributed by atoms with Crippen LogP contribution in [-0.2, 0) is 17.5 Å². The number of ether oxygens (including phenoxy) is 1. The number of imidazole rings is 1. The van der Waals surface area contributed by atoms with E-state index in [1.165, 1.54) is 0 Å². The van der Waals surface area contributed by atoms with Gasteiger partial charge in [0.1, 0.15) is 11.5 Å². The van der Waals surface area contributed by atoms with Gasteiger partial charge in [-0.2, -0.15) is 0 Å². The first-order valence-electron chi connectivity index (χ1n) is 12.7. The van der Waals surface area contributed by atoms with E-state index < -0.39 is 5.54 Å². The SMILES string of the molecule is CC(C)(C)c1cc(C(=O)NCCCn2ccnc2)cc2c1NC(=O)NC21C=CC(Oc2ccncc2)=CC1. The van der Waals surface area contributed by atoms with E-state index in [2.05, 4.69) is 46.7 Å². The number of hydrogen-bond acceptors (Lipinski definition) is 5. The zero-order chi connectivity index (χ0) is 26.8. The van der Waals surface area contributed by atoms with Crippen LogP contribution < -0.4 is 20.7 Å². The lowest BCUT2D eigenvalue weighted by Gasteiger charge is -2.41. The van der Waals surface area contributed by atoms with Gasteiger partial charge in [0.25, 0.3) is 5.91 Å². The topological polar surface area (TPSA) is 110 Å². The third-order valence-corrected chi connectivity index (χ3v) is 6.74. The molecule has 1 unspecified atom stereocenters. The van der Waals surface area contributed by atoms with Gasteiger partial charge in [0.05, 0.1) is 17.6 Å². The summed E-state index contributed by atoms with van der Waals surface area (Å²) < 4.78 is 7.94.